The molecule has 0 bridgehead atoms. The lowest BCUT2D eigenvalue weighted by atomic mass is 10.00. The van der Waals surface area contributed by atoms with Crippen molar-refractivity contribution >= 4 is 5.97 Å². The van der Waals surface area contributed by atoms with E-state index in [1.165, 1.54) is 21.3 Å². The van der Waals surface area contributed by atoms with Crippen LogP contribution in [0.5, 0.6) is 11.5 Å². The number of hydrogen-bond donors (Lipinski definition) is 2. The molecule has 0 saturated heterocycles. The smallest absolute Gasteiger partial charge is 0.308 e. The first-order chi connectivity index (χ1) is 9.04. The second kappa shape index (κ2) is 6.96. The molecular weight excluding hydrogens is 252 g/mol. The minimum atomic E-state index is -1.31. The molecule has 1 aromatic rings. The average molecular weight is 270 g/mol. The first kappa shape index (κ1) is 15.3. The van der Waals surface area contributed by atoms with Gasteiger partial charge in [-0.2, -0.15) is 0 Å². The van der Waals surface area contributed by atoms with Crippen LogP contribution in [0.1, 0.15) is 18.1 Å². The number of esters is 1. The first-order valence-electron chi connectivity index (χ1n) is 5.69. The third kappa shape index (κ3) is 3.59. The summed E-state index contributed by atoms with van der Waals surface area (Å²) in [7, 11) is 4.10. The van der Waals surface area contributed by atoms with Crippen molar-refractivity contribution in [2.45, 2.75) is 18.6 Å². The van der Waals surface area contributed by atoms with E-state index in [4.69, 9.17) is 9.47 Å². The Balaban J connectivity index is 3.03. The highest BCUT2D eigenvalue weighted by Gasteiger charge is 2.27. The highest BCUT2D eigenvalue weighted by molar-refractivity contribution is 5.70. The van der Waals surface area contributed by atoms with E-state index < -0.39 is 18.2 Å². The molecule has 6 nitrogen and oxygen atoms in total. The van der Waals surface area contributed by atoms with Gasteiger partial charge >= 0.3 is 5.97 Å². The van der Waals surface area contributed by atoms with Crippen molar-refractivity contribution in [2.75, 3.05) is 21.3 Å². The van der Waals surface area contributed by atoms with Crippen LogP contribution < -0.4 is 9.47 Å². The molecule has 2 atom stereocenters. The van der Waals surface area contributed by atoms with E-state index in [1.807, 2.05) is 0 Å². The second-order valence-corrected chi connectivity index (χ2v) is 3.87. The predicted molar refractivity (Wildman–Crippen MR) is 67.1 cm³/mol. The van der Waals surface area contributed by atoms with Crippen molar-refractivity contribution in [1.29, 1.82) is 0 Å². The third-order valence-corrected chi connectivity index (χ3v) is 2.73. The maximum absolute atomic E-state index is 11.1. The number of ether oxygens (including phenoxy) is 3. The zero-order valence-electron chi connectivity index (χ0n) is 11.1. The van der Waals surface area contributed by atoms with E-state index in [0.717, 1.165) is 0 Å². The normalized spacial score (nSPS) is 13.5. The molecule has 0 amide bonds. The molecule has 106 valence electrons. The quantitative estimate of drug-likeness (QED) is 0.739. The lowest BCUT2D eigenvalue weighted by Crippen LogP contribution is -2.23. The summed E-state index contributed by atoms with van der Waals surface area (Å²) >= 11 is 0. The average Bonchev–Trinajstić information content (AvgIpc) is 2.44. The van der Waals surface area contributed by atoms with E-state index in [9.17, 15) is 15.0 Å². The predicted octanol–water partition coefficient (Wildman–Crippen LogP) is 0.661. The van der Waals surface area contributed by atoms with Gasteiger partial charge in [-0.25, -0.2) is 0 Å². The van der Waals surface area contributed by atoms with E-state index >= 15 is 0 Å². The zero-order chi connectivity index (χ0) is 14.4. The highest BCUT2D eigenvalue weighted by Crippen LogP contribution is 2.36. The van der Waals surface area contributed by atoms with Crippen LogP contribution in [0, 0.1) is 0 Å². The van der Waals surface area contributed by atoms with Gasteiger partial charge in [0.1, 0.15) is 17.6 Å². The Morgan fingerprint density at radius 1 is 1.16 bits per heavy atom. The molecule has 0 aromatic heterocycles. The summed E-state index contributed by atoms with van der Waals surface area (Å²) in [5.41, 5.74) is 0.295. The van der Waals surface area contributed by atoms with E-state index in [0.29, 0.717) is 17.1 Å². The molecule has 1 rings (SSSR count). The molecule has 0 aliphatic rings. The Labute approximate surface area is 111 Å². The van der Waals surface area contributed by atoms with Crippen molar-refractivity contribution in [3.63, 3.8) is 0 Å². The maximum atomic E-state index is 11.1. The Morgan fingerprint density at radius 3 is 2.11 bits per heavy atom. The summed E-state index contributed by atoms with van der Waals surface area (Å²) in [4.78, 5) is 11.1. The largest absolute Gasteiger partial charge is 0.496 e. The Hall–Kier alpha value is -1.79. The molecular formula is C13H18O6. The van der Waals surface area contributed by atoms with E-state index in [1.54, 1.807) is 18.2 Å². The van der Waals surface area contributed by atoms with Gasteiger partial charge in [-0.3, -0.25) is 4.79 Å². The number of aliphatic hydroxyl groups is 2. The summed E-state index contributed by atoms with van der Waals surface area (Å²) < 4.78 is 14.7. The summed E-state index contributed by atoms with van der Waals surface area (Å²) in [6.07, 6.45) is -2.94. The maximum Gasteiger partial charge on any atom is 0.308 e. The van der Waals surface area contributed by atoms with Gasteiger partial charge in [0.2, 0.25) is 0 Å². The van der Waals surface area contributed by atoms with E-state index in [2.05, 4.69) is 4.74 Å². The summed E-state index contributed by atoms with van der Waals surface area (Å²) in [6.45, 7) is 0. The fraction of sp³-hybridized carbons (Fsp3) is 0.462. The van der Waals surface area contributed by atoms with Gasteiger partial charge in [-0.05, 0) is 12.1 Å². The Morgan fingerprint density at radius 2 is 1.68 bits per heavy atom. The molecule has 0 aliphatic carbocycles. The molecule has 0 saturated carbocycles. The van der Waals surface area contributed by atoms with Gasteiger partial charge in [0.25, 0.3) is 0 Å². The van der Waals surface area contributed by atoms with Crippen LogP contribution in [0.15, 0.2) is 18.2 Å². The molecule has 2 N–H and O–H groups in total. The number of hydrogen-bond acceptors (Lipinski definition) is 6. The first-order valence-corrected chi connectivity index (χ1v) is 5.69. The number of rotatable bonds is 6. The standard InChI is InChI=1S/C13H18O6/c1-17-9-5-4-6-10(18-2)12(9)13(16)8(14)7-11(15)19-3/h4-6,8,13-14,16H,7H2,1-3H3. The van der Waals surface area contributed by atoms with E-state index in [-0.39, 0.29) is 6.42 Å². The fourth-order valence-corrected chi connectivity index (χ4v) is 1.73. The topological polar surface area (TPSA) is 85.2 Å². The van der Waals surface area contributed by atoms with Crippen molar-refractivity contribution < 1.29 is 29.2 Å². The summed E-state index contributed by atoms with van der Waals surface area (Å²) in [5.74, 6) is 0.131. The van der Waals surface area contributed by atoms with Crippen molar-refractivity contribution in [2.24, 2.45) is 0 Å². The lowest BCUT2D eigenvalue weighted by molar-refractivity contribution is -0.144. The molecule has 0 aliphatic heterocycles. The van der Waals surface area contributed by atoms with Gasteiger partial charge in [-0.15, -0.1) is 0 Å². The fourth-order valence-electron chi connectivity index (χ4n) is 1.73. The van der Waals surface area contributed by atoms with Gasteiger partial charge < -0.3 is 24.4 Å². The SMILES string of the molecule is COC(=O)CC(O)C(O)c1c(OC)cccc1OC. The molecule has 0 spiro atoms. The minimum absolute atomic E-state index is 0.295. The summed E-state index contributed by atoms with van der Waals surface area (Å²) in [5, 5.41) is 20.0. The third-order valence-electron chi connectivity index (χ3n) is 2.73. The van der Waals surface area contributed by atoms with Crippen LogP contribution in [0.3, 0.4) is 0 Å². The summed E-state index contributed by atoms with van der Waals surface area (Å²) in [6, 6.07) is 4.96. The molecule has 19 heavy (non-hydrogen) atoms. The van der Waals surface area contributed by atoms with Crippen LogP contribution in [0.4, 0.5) is 0 Å². The number of methoxy groups -OCH3 is 3. The molecule has 2 unspecified atom stereocenters. The van der Waals surface area contributed by atoms with Crippen LogP contribution in [-0.4, -0.2) is 43.6 Å². The zero-order valence-corrected chi connectivity index (χ0v) is 11.1. The Kier molecular flexibility index (Phi) is 5.59. The van der Waals surface area contributed by atoms with Crippen molar-refractivity contribution in [3.8, 4) is 11.5 Å². The molecule has 6 heteroatoms. The number of carbonyl (C=O) groups excluding carboxylic acids is 1. The lowest BCUT2D eigenvalue weighted by Gasteiger charge is -2.21. The van der Waals surface area contributed by atoms with Gasteiger partial charge in [0.05, 0.1) is 39.4 Å². The number of carbonyl (C=O) groups is 1. The Bertz CT molecular complexity index is 409. The number of benzene rings is 1. The molecule has 0 fully saturated rings. The van der Waals surface area contributed by atoms with Crippen LogP contribution in [-0.2, 0) is 9.53 Å². The monoisotopic (exact) mass is 270 g/mol. The minimum Gasteiger partial charge on any atom is -0.496 e. The molecule has 0 radical (unpaired) electrons. The van der Waals surface area contributed by atoms with Crippen LogP contribution in [0.25, 0.3) is 0 Å². The van der Waals surface area contributed by atoms with Crippen molar-refractivity contribution in [3.05, 3.63) is 23.8 Å². The highest BCUT2D eigenvalue weighted by atomic mass is 16.5. The van der Waals surface area contributed by atoms with Gasteiger partial charge in [0.15, 0.2) is 0 Å². The van der Waals surface area contributed by atoms with Crippen molar-refractivity contribution in [1.82, 2.24) is 0 Å². The molecule has 1 aromatic carbocycles. The second-order valence-electron chi connectivity index (χ2n) is 3.87. The number of aliphatic hydroxyl groups excluding tert-OH is 2. The molecule has 0 heterocycles. The van der Waals surface area contributed by atoms with Gasteiger partial charge in [0, 0.05) is 0 Å². The van der Waals surface area contributed by atoms with Crippen LogP contribution >= 0.6 is 0 Å². The van der Waals surface area contributed by atoms with Crippen LogP contribution in [0.2, 0.25) is 0 Å². The van der Waals surface area contributed by atoms with Gasteiger partial charge in [-0.1, -0.05) is 6.07 Å².